The molecule has 0 saturated heterocycles. The Morgan fingerprint density at radius 3 is 2.62 bits per heavy atom. The molecule has 0 amide bonds. The van der Waals surface area contributed by atoms with Crippen LogP contribution in [0.2, 0.25) is 0 Å². The number of aryl methyl sites for hydroxylation is 2. The summed E-state index contributed by atoms with van der Waals surface area (Å²) in [6.07, 6.45) is 1.95. The standard InChI is InChI=1S/C18H21NO2/c1-14-10-11-17(15(2)19-20)18(13-14)21-12-6-9-16-7-4-3-5-8-16/h3-5,7-8,10-11,13,20H,6,9,12H2,1-2H3. The van der Waals surface area contributed by atoms with E-state index in [1.165, 1.54) is 5.56 Å². The highest BCUT2D eigenvalue weighted by atomic mass is 16.5. The molecule has 3 nitrogen and oxygen atoms in total. The van der Waals surface area contributed by atoms with E-state index >= 15 is 0 Å². The van der Waals surface area contributed by atoms with Crippen LogP contribution in [0.3, 0.4) is 0 Å². The highest BCUT2D eigenvalue weighted by molar-refractivity contribution is 6.00. The summed E-state index contributed by atoms with van der Waals surface area (Å²) in [4.78, 5) is 0. The molecule has 0 aromatic heterocycles. The van der Waals surface area contributed by atoms with Gasteiger partial charge in [0.15, 0.2) is 0 Å². The second-order valence-corrected chi connectivity index (χ2v) is 5.12. The van der Waals surface area contributed by atoms with Gasteiger partial charge in [0.2, 0.25) is 0 Å². The molecule has 0 fully saturated rings. The van der Waals surface area contributed by atoms with E-state index in [4.69, 9.17) is 9.94 Å². The Morgan fingerprint density at radius 1 is 1.14 bits per heavy atom. The SMILES string of the molecule is CC(=NO)c1ccc(C)cc1OCCCc1ccccc1. The van der Waals surface area contributed by atoms with Gasteiger partial charge in [0.25, 0.3) is 0 Å². The van der Waals surface area contributed by atoms with E-state index in [0.717, 1.165) is 29.7 Å². The first kappa shape index (κ1) is 15.1. The zero-order valence-electron chi connectivity index (χ0n) is 12.5. The van der Waals surface area contributed by atoms with Gasteiger partial charge >= 0.3 is 0 Å². The summed E-state index contributed by atoms with van der Waals surface area (Å²) in [6.45, 7) is 4.43. The highest BCUT2D eigenvalue weighted by Gasteiger charge is 2.07. The summed E-state index contributed by atoms with van der Waals surface area (Å²) in [5, 5.41) is 12.2. The largest absolute Gasteiger partial charge is 0.493 e. The average molecular weight is 283 g/mol. The summed E-state index contributed by atoms with van der Waals surface area (Å²) in [5.74, 6) is 0.776. The van der Waals surface area contributed by atoms with Crippen LogP contribution in [-0.4, -0.2) is 17.5 Å². The van der Waals surface area contributed by atoms with Crippen LogP contribution in [0.25, 0.3) is 0 Å². The van der Waals surface area contributed by atoms with Crippen LogP contribution in [0.15, 0.2) is 53.7 Å². The lowest BCUT2D eigenvalue weighted by atomic mass is 10.1. The van der Waals surface area contributed by atoms with E-state index < -0.39 is 0 Å². The number of hydrogen-bond acceptors (Lipinski definition) is 3. The fourth-order valence-corrected chi connectivity index (χ4v) is 2.20. The zero-order valence-corrected chi connectivity index (χ0v) is 12.5. The van der Waals surface area contributed by atoms with Crippen LogP contribution in [-0.2, 0) is 6.42 Å². The van der Waals surface area contributed by atoms with Crippen molar-refractivity contribution in [1.29, 1.82) is 0 Å². The maximum atomic E-state index is 8.93. The molecule has 3 heteroatoms. The molecule has 0 aliphatic carbocycles. The molecule has 2 rings (SSSR count). The molecule has 1 N–H and O–H groups in total. The van der Waals surface area contributed by atoms with Crippen molar-refractivity contribution in [3.05, 3.63) is 65.2 Å². The molecule has 21 heavy (non-hydrogen) atoms. The lowest BCUT2D eigenvalue weighted by Gasteiger charge is -2.12. The molecular formula is C18H21NO2. The summed E-state index contributed by atoms with van der Waals surface area (Å²) in [5.41, 5.74) is 3.84. The number of oxime groups is 1. The van der Waals surface area contributed by atoms with Gasteiger partial charge in [0.1, 0.15) is 5.75 Å². The minimum atomic E-state index is 0.563. The number of rotatable bonds is 6. The number of nitrogens with zero attached hydrogens (tertiary/aromatic N) is 1. The van der Waals surface area contributed by atoms with E-state index in [1.54, 1.807) is 6.92 Å². The van der Waals surface area contributed by atoms with Gasteiger partial charge in [0.05, 0.1) is 12.3 Å². The Morgan fingerprint density at radius 2 is 1.90 bits per heavy atom. The van der Waals surface area contributed by atoms with E-state index in [9.17, 15) is 0 Å². The third kappa shape index (κ3) is 4.35. The van der Waals surface area contributed by atoms with Crippen LogP contribution in [0.1, 0.15) is 30.0 Å². The fourth-order valence-electron chi connectivity index (χ4n) is 2.20. The molecule has 0 bridgehead atoms. The van der Waals surface area contributed by atoms with Crippen molar-refractivity contribution in [2.75, 3.05) is 6.61 Å². The van der Waals surface area contributed by atoms with E-state index in [1.807, 2.05) is 31.2 Å². The monoisotopic (exact) mass is 283 g/mol. The summed E-state index contributed by atoms with van der Waals surface area (Å²) < 4.78 is 5.87. The lowest BCUT2D eigenvalue weighted by Crippen LogP contribution is -2.05. The summed E-state index contributed by atoms with van der Waals surface area (Å²) >= 11 is 0. The predicted octanol–water partition coefficient (Wildman–Crippen LogP) is 4.20. The van der Waals surface area contributed by atoms with Gasteiger partial charge in [-0.15, -0.1) is 0 Å². The predicted molar refractivity (Wildman–Crippen MR) is 85.4 cm³/mol. The Labute approximate surface area is 125 Å². The van der Waals surface area contributed by atoms with Crippen molar-refractivity contribution >= 4 is 5.71 Å². The third-order valence-corrected chi connectivity index (χ3v) is 3.39. The van der Waals surface area contributed by atoms with Gasteiger partial charge in [-0.25, -0.2) is 0 Å². The van der Waals surface area contributed by atoms with Gasteiger partial charge in [0, 0.05) is 5.56 Å². The van der Waals surface area contributed by atoms with Crippen LogP contribution >= 0.6 is 0 Å². The van der Waals surface area contributed by atoms with E-state index in [-0.39, 0.29) is 0 Å². The van der Waals surface area contributed by atoms with Gasteiger partial charge < -0.3 is 9.94 Å². The topological polar surface area (TPSA) is 41.8 Å². The number of benzene rings is 2. The molecule has 0 spiro atoms. The molecule has 110 valence electrons. The van der Waals surface area contributed by atoms with Crippen molar-refractivity contribution in [2.24, 2.45) is 5.16 Å². The minimum Gasteiger partial charge on any atom is -0.493 e. The second kappa shape index (κ2) is 7.48. The van der Waals surface area contributed by atoms with Crippen LogP contribution in [0.4, 0.5) is 0 Å². The Hall–Kier alpha value is -2.29. The van der Waals surface area contributed by atoms with Gasteiger partial charge in [-0.2, -0.15) is 0 Å². The Balaban J connectivity index is 1.95. The molecule has 2 aromatic rings. The number of hydrogen-bond donors (Lipinski definition) is 1. The molecule has 0 aliphatic heterocycles. The van der Waals surface area contributed by atoms with Gasteiger partial charge in [-0.1, -0.05) is 41.6 Å². The maximum absolute atomic E-state index is 8.93. The zero-order chi connectivity index (χ0) is 15.1. The van der Waals surface area contributed by atoms with Crippen molar-refractivity contribution in [3.63, 3.8) is 0 Å². The minimum absolute atomic E-state index is 0.563. The van der Waals surface area contributed by atoms with Crippen LogP contribution < -0.4 is 4.74 Å². The first-order valence-corrected chi connectivity index (χ1v) is 7.17. The Kier molecular flexibility index (Phi) is 5.38. The van der Waals surface area contributed by atoms with Crippen molar-refractivity contribution in [3.8, 4) is 5.75 Å². The molecule has 0 atom stereocenters. The van der Waals surface area contributed by atoms with Crippen molar-refractivity contribution in [1.82, 2.24) is 0 Å². The highest BCUT2D eigenvalue weighted by Crippen LogP contribution is 2.21. The third-order valence-electron chi connectivity index (χ3n) is 3.39. The quantitative estimate of drug-likeness (QED) is 0.373. The van der Waals surface area contributed by atoms with E-state index in [0.29, 0.717) is 12.3 Å². The molecule has 0 heterocycles. The smallest absolute Gasteiger partial charge is 0.128 e. The van der Waals surface area contributed by atoms with Gasteiger partial charge in [-0.3, -0.25) is 0 Å². The number of ether oxygens (including phenoxy) is 1. The summed E-state index contributed by atoms with van der Waals surface area (Å²) in [7, 11) is 0. The molecule has 2 aromatic carbocycles. The van der Waals surface area contributed by atoms with E-state index in [2.05, 4.69) is 29.4 Å². The lowest BCUT2D eigenvalue weighted by molar-refractivity contribution is 0.307. The first-order chi connectivity index (χ1) is 10.2. The molecule has 0 aliphatic rings. The Bertz CT molecular complexity index is 606. The normalized spacial score (nSPS) is 11.4. The molecule has 0 unspecified atom stereocenters. The van der Waals surface area contributed by atoms with Gasteiger partial charge in [-0.05, 0) is 49.9 Å². The van der Waals surface area contributed by atoms with Crippen molar-refractivity contribution < 1.29 is 9.94 Å². The maximum Gasteiger partial charge on any atom is 0.128 e. The van der Waals surface area contributed by atoms with Crippen LogP contribution in [0, 0.1) is 6.92 Å². The summed E-state index contributed by atoms with van der Waals surface area (Å²) in [6, 6.07) is 16.3. The molecule has 0 radical (unpaired) electrons. The molecule has 0 saturated carbocycles. The van der Waals surface area contributed by atoms with Crippen molar-refractivity contribution in [2.45, 2.75) is 26.7 Å². The average Bonchev–Trinajstić information content (AvgIpc) is 2.52. The van der Waals surface area contributed by atoms with Crippen LogP contribution in [0.5, 0.6) is 5.75 Å². The second-order valence-electron chi connectivity index (χ2n) is 5.12. The molecular weight excluding hydrogens is 262 g/mol. The first-order valence-electron chi connectivity index (χ1n) is 7.17. The fraction of sp³-hybridized carbons (Fsp3) is 0.278.